The van der Waals surface area contributed by atoms with Crippen molar-refractivity contribution in [2.45, 2.75) is 18.9 Å². The van der Waals surface area contributed by atoms with Gasteiger partial charge < -0.3 is 30.7 Å². The molecular formula is C20H22N4O7. The molecule has 164 valence electrons. The summed E-state index contributed by atoms with van der Waals surface area (Å²) >= 11 is 0. The molecule has 0 aliphatic heterocycles. The molecule has 0 aromatic heterocycles. The number of nitrogens with two attached hydrogens (primary N) is 1. The van der Waals surface area contributed by atoms with Crippen molar-refractivity contribution in [2.75, 3.05) is 19.5 Å². The van der Waals surface area contributed by atoms with Gasteiger partial charge in [0.1, 0.15) is 23.2 Å². The number of carbonyl (C=O) groups excluding carboxylic acids is 1. The van der Waals surface area contributed by atoms with Crippen molar-refractivity contribution in [1.29, 1.82) is 0 Å². The molecule has 0 fully saturated rings. The van der Waals surface area contributed by atoms with E-state index in [4.69, 9.17) is 25.4 Å². The SMILES string of the molecule is COc1cc(N)ccc1/N=N/c1ccc(OCC(=O)NC(CCC(=O)O)C(=O)O)cc1. The van der Waals surface area contributed by atoms with Crippen LogP contribution in [-0.4, -0.2) is 47.8 Å². The zero-order valence-electron chi connectivity index (χ0n) is 16.6. The normalized spacial score (nSPS) is 11.6. The molecule has 5 N–H and O–H groups in total. The van der Waals surface area contributed by atoms with Crippen LogP contribution in [0.4, 0.5) is 17.1 Å². The monoisotopic (exact) mass is 430 g/mol. The number of carboxylic acids is 2. The van der Waals surface area contributed by atoms with E-state index < -0.39 is 30.5 Å². The Balaban J connectivity index is 1.90. The minimum Gasteiger partial charge on any atom is -0.494 e. The Hall–Kier alpha value is -4.15. The molecule has 1 atom stereocenters. The van der Waals surface area contributed by atoms with Gasteiger partial charge in [0, 0.05) is 18.2 Å². The first kappa shape index (κ1) is 23.1. The average Bonchev–Trinajstić information content (AvgIpc) is 2.74. The zero-order valence-corrected chi connectivity index (χ0v) is 16.6. The number of nitrogen functional groups attached to an aromatic ring is 1. The van der Waals surface area contributed by atoms with E-state index in [1.165, 1.54) is 7.11 Å². The summed E-state index contributed by atoms with van der Waals surface area (Å²) in [5.41, 5.74) is 7.27. The molecule has 11 nitrogen and oxygen atoms in total. The van der Waals surface area contributed by atoms with Crippen LogP contribution in [0.2, 0.25) is 0 Å². The number of nitrogens with one attached hydrogen (secondary N) is 1. The highest BCUT2D eigenvalue weighted by Crippen LogP contribution is 2.31. The van der Waals surface area contributed by atoms with E-state index >= 15 is 0 Å². The summed E-state index contributed by atoms with van der Waals surface area (Å²) in [5.74, 6) is -2.31. The first-order chi connectivity index (χ1) is 14.8. The second kappa shape index (κ2) is 11.1. The number of carbonyl (C=O) groups is 3. The molecule has 0 bridgehead atoms. The summed E-state index contributed by atoms with van der Waals surface area (Å²) in [4.78, 5) is 33.6. The van der Waals surface area contributed by atoms with Gasteiger partial charge in [-0.1, -0.05) is 0 Å². The van der Waals surface area contributed by atoms with Gasteiger partial charge in [-0.25, -0.2) is 4.79 Å². The van der Waals surface area contributed by atoms with Gasteiger partial charge in [0.05, 0.1) is 12.8 Å². The topological polar surface area (TPSA) is 173 Å². The second-order valence-corrected chi connectivity index (χ2v) is 6.30. The smallest absolute Gasteiger partial charge is 0.326 e. The lowest BCUT2D eigenvalue weighted by atomic mass is 10.1. The summed E-state index contributed by atoms with van der Waals surface area (Å²) < 4.78 is 10.5. The van der Waals surface area contributed by atoms with Crippen LogP contribution in [0.25, 0.3) is 0 Å². The molecule has 0 aliphatic carbocycles. The maximum Gasteiger partial charge on any atom is 0.326 e. The van der Waals surface area contributed by atoms with E-state index in [1.54, 1.807) is 42.5 Å². The number of hydrogen-bond acceptors (Lipinski definition) is 8. The maximum absolute atomic E-state index is 11.9. The molecule has 2 aromatic rings. The molecule has 0 spiro atoms. The molecule has 0 saturated heterocycles. The Morgan fingerprint density at radius 2 is 1.81 bits per heavy atom. The summed E-state index contributed by atoms with van der Waals surface area (Å²) in [5, 5.41) is 28.1. The highest BCUT2D eigenvalue weighted by atomic mass is 16.5. The van der Waals surface area contributed by atoms with Crippen LogP contribution in [0.5, 0.6) is 11.5 Å². The van der Waals surface area contributed by atoms with Gasteiger partial charge in [0.25, 0.3) is 5.91 Å². The van der Waals surface area contributed by atoms with E-state index in [0.717, 1.165) is 0 Å². The minimum absolute atomic E-state index is 0.227. The fourth-order valence-corrected chi connectivity index (χ4v) is 2.41. The Labute approximate surface area is 177 Å². The van der Waals surface area contributed by atoms with Crippen LogP contribution in [0.15, 0.2) is 52.7 Å². The maximum atomic E-state index is 11.9. The minimum atomic E-state index is -1.32. The van der Waals surface area contributed by atoms with Crippen LogP contribution < -0.4 is 20.5 Å². The van der Waals surface area contributed by atoms with E-state index in [2.05, 4.69) is 15.5 Å². The Kier molecular flexibility index (Phi) is 8.31. The molecule has 0 saturated carbocycles. The second-order valence-electron chi connectivity index (χ2n) is 6.30. The molecule has 0 heterocycles. The number of hydrogen-bond donors (Lipinski definition) is 4. The van der Waals surface area contributed by atoms with Gasteiger partial charge in [-0.15, -0.1) is 5.11 Å². The van der Waals surface area contributed by atoms with Gasteiger partial charge in [-0.3, -0.25) is 9.59 Å². The molecule has 1 unspecified atom stereocenters. The number of anilines is 1. The quantitative estimate of drug-likeness (QED) is 0.311. The van der Waals surface area contributed by atoms with Crippen LogP contribution in [-0.2, 0) is 14.4 Å². The molecule has 0 aliphatic rings. The van der Waals surface area contributed by atoms with Crippen molar-refractivity contribution in [1.82, 2.24) is 5.32 Å². The number of amides is 1. The van der Waals surface area contributed by atoms with Gasteiger partial charge in [0.15, 0.2) is 6.61 Å². The third-order valence-electron chi connectivity index (χ3n) is 3.96. The molecule has 1 amide bonds. The molecule has 31 heavy (non-hydrogen) atoms. The predicted octanol–water partition coefficient (Wildman–Crippen LogP) is 2.51. The molecule has 0 radical (unpaired) electrons. The third-order valence-corrected chi connectivity index (χ3v) is 3.96. The number of carboxylic acid groups (broad SMARTS) is 2. The summed E-state index contributed by atoms with van der Waals surface area (Å²) in [7, 11) is 1.50. The summed E-state index contributed by atoms with van der Waals surface area (Å²) in [6, 6.07) is 10.1. The van der Waals surface area contributed by atoms with Crippen molar-refractivity contribution in [2.24, 2.45) is 10.2 Å². The van der Waals surface area contributed by atoms with E-state index in [0.29, 0.717) is 28.6 Å². The number of benzene rings is 2. The number of ether oxygens (including phenoxy) is 2. The summed E-state index contributed by atoms with van der Waals surface area (Å²) in [6.45, 7) is -0.430. The fraction of sp³-hybridized carbons (Fsp3) is 0.250. The van der Waals surface area contributed by atoms with Crippen molar-refractivity contribution < 1.29 is 34.1 Å². The van der Waals surface area contributed by atoms with Crippen molar-refractivity contribution in [3.63, 3.8) is 0 Å². The number of methoxy groups -OCH3 is 1. The number of rotatable bonds is 11. The van der Waals surface area contributed by atoms with Crippen LogP contribution >= 0.6 is 0 Å². The Morgan fingerprint density at radius 3 is 2.42 bits per heavy atom. The van der Waals surface area contributed by atoms with Crippen LogP contribution in [0, 0.1) is 0 Å². The molecule has 2 aromatic carbocycles. The highest BCUT2D eigenvalue weighted by molar-refractivity contribution is 5.84. The van der Waals surface area contributed by atoms with E-state index in [1.807, 2.05) is 0 Å². The van der Waals surface area contributed by atoms with Crippen molar-refractivity contribution in [3.05, 3.63) is 42.5 Å². The van der Waals surface area contributed by atoms with Crippen LogP contribution in [0.1, 0.15) is 12.8 Å². The van der Waals surface area contributed by atoms with Gasteiger partial charge in [0.2, 0.25) is 0 Å². The molecule has 11 heteroatoms. The number of azo groups is 1. The van der Waals surface area contributed by atoms with E-state index in [9.17, 15) is 14.4 Å². The zero-order chi connectivity index (χ0) is 22.8. The first-order valence-electron chi connectivity index (χ1n) is 9.10. The number of nitrogens with zero attached hydrogens (tertiary/aromatic N) is 2. The average molecular weight is 430 g/mol. The first-order valence-corrected chi connectivity index (χ1v) is 9.10. The van der Waals surface area contributed by atoms with Crippen molar-refractivity contribution in [3.8, 4) is 11.5 Å². The lowest BCUT2D eigenvalue weighted by Crippen LogP contribution is -2.43. The van der Waals surface area contributed by atoms with Gasteiger partial charge in [-0.05, 0) is 42.8 Å². The predicted molar refractivity (Wildman–Crippen MR) is 110 cm³/mol. The standard InChI is InChI=1S/C20H22N4O7/c1-30-17-10-12(21)2-7-15(17)24-23-13-3-5-14(6-4-13)31-11-18(25)22-16(20(28)29)8-9-19(26)27/h2-7,10,16H,8-9,11,21H2,1H3,(H,22,25)(H,26,27)(H,28,29)/b24-23+. The fourth-order valence-electron chi connectivity index (χ4n) is 2.41. The highest BCUT2D eigenvalue weighted by Gasteiger charge is 2.21. The van der Waals surface area contributed by atoms with Gasteiger partial charge >= 0.3 is 11.9 Å². The Bertz CT molecular complexity index is 961. The number of aliphatic carboxylic acids is 2. The lowest BCUT2D eigenvalue weighted by Gasteiger charge is -2.14. The van der Waals surface area contributed by atoms with Crippen molar-refractivity contribution >= 4 is 34.9 Å². The van der Waals surface area contributed by atoms with Gasteiger partial charge in [-0.2, -0.15) is 5.11 Å². The largest absolute Gasteiger partial charge is 0.494 e. The molecule has 2 rings (SSSR count). The van der Waals surface area contributed by atoms with E-state index in [-0.39, 0.29) is 12.8 Å². The summed E-state index contributed by atoms with van der Waals surface area (Å²) in [6.07, 6.45) is -0.606. The molecular weight excluding hydrogens is 408 g/mol. The van der Waals surface area contributed by atoms with Crippen LogP contribution in [0.3, 0.4) is 0 Å². The lowest BCUT2D eigenvalue weighted by molar-refractivity contribution is -0.143. The Morgan fingerprint density at radius 1 is 1.10 bits per heavy atom. The third kappa shape index (κ3) is 7.65.